The number of thiol groups is 1. The summed E-state index contributed by atoms with van der Waals surface area (Å²) in [5, 5.41) is 15.0. The lowest BCUT2D eigenvalue weighted by Crippen LogP contribution is -2.51. The van der Waals surface area contributed by atoms with E-state index in [4.69, 9.17) is 23.7 Å². The first kappa shape index (κ1) is 40.5. The molecule has 2 saturated heterocycles. The summed E-state index contributed by atoms with van der Waals surface area (Å²) in [6, 6.07) is 6.08. The summed E-state index contributed by atoms with van der Waals surface area (Å²) >= 11 is 6.12. The number of unbranched alkanes of at least 4 members (excludes halogenated alkanes) is 2. The number of aliphatic hydroxyl groups excluding tert-OH is 1. The first-order valence-corrected chi connectivity index (χ1v) is 19.9. The number of carbonyl (C=O) groups excluding carboxylic acids is 3. The van der Waals surface area contributed by atoms with Crippen LogP contribution in [0.1, 0.15) is 73.6 Å². The average Bonchev–Trinajstić information content (AvgIpc) is 3.67. The van der Waals surface area contributed by atoms with Gasteiger partial charge in [-0.05, 0) is 65.0 Å². The molecule has 0 aliphatic carbocycles. The molecule has 4 aliphatic rings. The van der Waals surface area contributed by atoms with E-state index < -0.39 is 18.4 Å². The van der Waals surface area contributed by atoms with Crippen LogP contribution in [0.15, 0.2) is 48.6 Å². The molecular weight excluding hydrogens is 745 g/mol. The standard InChI is InChI=1S/C40H52N4O9S2/c1-23-13-26-19-41-29-17-34(32(49-6)15-27(29)36(45)42(26)20-23)51-11-9-8-10-12-52-35-18-30-28(16-33(35)50-7)37(46)43-21-24(2)14-31(43)38(47)44(30)39(48)53-22-25(3)55-40(4,5)54/h15-18,25-26,31,38,41,47,54H,1-2,8-14,19-22H2,3-7H3/t25-,26+,31+,38+/m1/s1. The second-order valence-corrected chi connectivity index (χ2v) is 18.4. The van der Waals surface area contributed by atoms with Crippen LogP contribution in [0.2, 0.25) is 0 Å². The monoisotopic (exact) mass is 796 g/mol. The maximum absolute atomic E-state index is 13.9. The Hall–Kier alpha value is -4.21. The molecule has 0 aromatic heterocycles. The number of hydrogen-bond donors (Lipinski definition) is 3. The zero-order valence-corrected chi connectivity index (χ0v) is 33.9. The Balaban J connectivity index is 1.09. The molecule has 0 spiro atoms. The summed E-state index contributed by atoms with van der Waals surface area (Å²) < 4.78 is 28.9. The molecule has 6 rings (SSSR count). The number of methoxy groups -OCH3 is 2. The molecule has 2 fully saturated rings. The van der Waals surface area contributed by atoms with Gasteiger partial charge in [-0.3, -0.25) is 9.59 Å². The molecule has 4 atom stereocenters. The van der Waals surface area contributed by atoms with E-state index in [2.05, 4.69) is 31.1 Å². The average molecular weight is 797 g/mol. The Morgan fingerprint density at radius 3 is 2.18 bits per heavy atom. The maximum Gasteiger partial charge on any atom is 0.416 e. The number of aliphatic hydroxyl groups is 1. The molecule has 0 unspecified atom stereocenters. The Morgan fingerprint density at radius 1 is 0.927 bits per heavy atom. The molecule has 0 radical (unpaired) electrons. The predicted octanol–water partition coefficient (Wildman–Crippen LogP) is 6.36. The Morgan fingerprint density at radius 2 is 1.53 bits per heavy atom. The number of rotatable bonds is 14. The van der Waals surface area contributed by atoms with Gasteiger partial charge in [0.1, 0.15) is 6.61 Å². The van der Waals surface area contributed by atoms with Gasteiger partial charge in [-0.25, -0.2) is 9.69 Å². The van der Waals surface area contributed by atoms with Gasteiger partial charge in [-0.2, -0.15) is 12.6 Å². The van der Waals surface area contributed by atoms with Crippen molar-refractivity contribution in [3.8, 4) is 23.0 Å². The molecule has 2 N–H and O–H groups in total. The van der Waals surface area contributed by atoms with Crippen molar-refractivity contribution in [2.24, 2.45) is 0 Å². The van der Waals surface area contributed by atoms with Crippen LogP contribution in [0, 0.1) is 0 Å². The van der Waals surface area contributed by atoms with E-state index in [0.717, 1.165) is 41.0 Å². The van der Waals surface area contributed by atoms with Gasteiger partial charge in [0.15, 0.2) is 29.2 Å². The Kier molecular flexibility index (Phi) is 12.4. The van der Waals surface area contributed by atoms with Crippen LogP contribution in [-0.2, 0) is 4.74 Å². The fourth-order valence-corrected chi connectivity index (χ4v) is 9.21. The molecule has 15 heteroatoms. The van der Waals surface area contributed by atoms with Gasteiger partial charge < -0.3 is 43.9 Å². The minimum Gasteiger partial charge on any atom is -0.493 e. The van der Waals surface area contributed by atoms with Gasteiger partial charge in [-0.1, -0.05) is 24.3 Å². The largest absolute Gasteiger partial charge is 0.493 e. The Labute approximate surface area is 332 Å². The van der Waals surface area contributed by atoms with E-state index in [9.17, 15) is 19.5 Å². The van der Waals surface area contributed by atoms with Gasteiger partial charge in [0.2, 0.25) is 0 Å². The third-order valence-corrected chi connectivity index (χ3v) is 11.5. The van der Waals surface area contributed by atoms with E-state index in [1.165, 1.54) is 7.11 Å². The van der Waals surface area contributed by atoms with Gasteiger partial charge in [0.25, 0.3) is 11.8 Å². The van der Waals surface area contributed by atoms with Gasteiger partial charge in [0.05, 0.1) is 66.1 Å². The highest BCUT2D eigenvalue weighted by molar-refractivity contribution is 8.11. The number of fused-ring (bicyclic) bond motifs is 4. The topological polar surface area (TPSA) is 139 Å². The number of amides is 3. The summed E-state index contributed by atoms with van der Waals surface area (Å²) in [5.41, 5.74) is 3.48. The van der Waals surface area contributed by atoms with Crippen molar-refractivity contribution in [1.82, 2.24) is 9.80 Å². The molecule has 0 bridgehead atoms. The van der Waals surface area contributed by atoms with Crippen LogP contribution >= 0.6 is 24.4 Å². The highest BCUT2D eigenvalue weighted by Crippen LogP contribution is 2.43. The number of anilines is 2. The first-order chi connectivity index (χ1) is 26.2. The number of nitrogens with one attached hydrogen (secondary N) is 1. The summed E-state index contributed by atoms with van der Waals surface area (Å²) in [4.78, 5) is 45.5. The molecule has 4 aliphatic heterocycles. The second-order valence-electron chi connectivity index (χ2n) is 14.9. The number of hydrogen-bond acceptors (Lipinski definition) is 12. The van der Waals surface area contributed by atoms with E-state index in [1.807, 2.05) is 31.7 Å². The molecule has 298 valence electrons. The molecule has 2 aromatic carbocycles. The lowest BCUT2D eigenvalue weighted by atomic mass is 10.1. The molecular formula is C40H52N4O9S2. The SMILES string of the molecule is C=C1C[C@H]2CNc3cc(OCCCCCOc4cc5c(cc4OC)C(=O)N4CC(=C)C[C@H]4[C@H](O)N5C(=O)OC[C@@H](C)SC(C)(C)S)c(OC)cc3C(=O)N2C1. The highest BCUT2D eigenvalue weighted by Gasteiger charge is 2.46. The van der Waals surface area contributed by atoms with Crippen molar-refractivity contribution < 1.29 is 43.2 Å². The summed E-state index contributed by atoms with van der Waals surface area (Å²) in [6.45, 7) is 16.2. The van der Waals surface area contributed by atoms with Crippen LogP contribution in [0.4, 0.5) is 16.2 Å². The predicted molar refractivity (Wildman–Crippen MR) is 216 cm³/mol. The fourth-order valence-electron chi connectivity index (χ4n) is 7.55. The fraction of sp³-hybridized carbons (Fsp3) is 0.525. The van der Waals surface area contributed by atoms with E-state index in [-0.39, 0.29) is 51.6 Å². The van der Waals surface area contributed by atoms with Crippen LogP contribution in [0.3, 0.4) is 0 Å². The van der Waals surface area contributed by atoms with Crippen LogP contribution in [0.25, 0.3) is 0 Å². The number of thioether (sulfide) groups is 1. The third-order valence-electron chi connectivity index (χ3n) is 10.0. The molecule has 0 saturated carbocycles. The van der Waals surface area contributed by atoms with Crippen molar-refractivity contribution in [3.05, 3.63) is 59.7 Å². The van der Waals surface area contributed by atoms with Crippen molar-refractivity contribution in [1.29, 1.82) is 0 Å². The lowest BCUT2D eigenvalue weighted by molar-refractivity contribution is 0.0491. The van der Waals surface area contributed by atoms with Crippen molar-refractivity contribution in [2.75, 3.05) is 63.9 Å². The quantitative estimate of drug-likeness (QED) is 0.0852. The van der Waals surface area contributed by atoms with E-state index in [1.54, 1.807) is 42.0 Å². The van der Waals surface area contributed by atoms with Gasteiger partial charge >= 0.3 is 6.09 Å². The third kappa shape index (κ3) is 8.94. The van der Waals surface area contributed by atoms with Crippen molar-refractivity contribution >= 4 is 53.7 Å². The summed E-state index contributed by atoms with van der Waals surface area (Å²) in [5.74, 6) is 1.30. The molecule has 55 heavy (non-hydrogen) atoms. The first-order valence-electron chi connectivity index (χ1n) is 18.6. The van der Waals surface area contributed by atoms with Crippen molar-refractivity contribution in [2.45, 2.75) is 80.5 Å². The van der Waals surface area contributed by atoms with E-state index >= 15 is 0 Å². The zero-order valence-electron chi connectivity index (χ0n) is 32.2. The van der Waals surface area contributed by atoms with Crippen molar-refractivity contribution in [3.63, 3.8) is 0 Å². The minimum absolute atomic E-state index is 0.0421. The molecule has 13 nitrogen and oxygen atoms in total. The van der Waals surface area contributed by atoms with Gasteiger partial charge in [-0.15, -0.1) is 11.8 Å². The number of nitrogens with zero attached hydrogens (tertiary/aromatic N) is 3. The Bertz CT molecular complexity index is 1830. The maximum atomic E-state index is 13.9. The summed E-state index contributed by atoms with van der Waals surface area (Å²) in [6.07, 6.45) is 1.15. The van der Waals surface area contributed by atoms with Crippen LogP contribution in [0.5, 0.6) is 23.0 Å². The van der Waals surface area contributed by atoms with Crippen LogP contribution < -0.4 is 29.2 Å². The highest BCUT2D eigenvalue weighted by atomic mass is 32.2. The smallest absolute Gasteiger partial charge is 0.416 e. The zero-order chi connectivity index (χ0) is 39.6. The number of benzene rings is 2. The normalized spacial score (nSPS) is 21.1. The van der Waals surface area contributed by atoms with Crippen LogP contribution in [-0.4, -0.2) is 114 Å². The molecule has 3 amide bonds. The summed E-state index contributed by atoms with van der Waals surface area (Å²) in [7, 11) is 3.04. The lowest BCUT2D eigenvalue weighted by Gasteiger charge is -2.32. The molecule has 4 heterocycles. The second kappa shape index (κ2) is 16.9. The van der Waals surface area contributed by atoms with E-state index in [0.29, 0.717) is 67.7 Å². The molecule has 2 aromatic rings. The minimum atomic E-state index is -1.38. The number of ether oxygens (including phenoxy) is 5. The van der Waals surface area contributed by atoms with Gasteiger partial charge in [0, 0.05) is 37.0 Å². The number of carbonyl (C=O) groups is 3.